The molecule has 2 fully saturated rings. The van der Waals surface area contributed by atoms with Crippen molar-refractivity contribution in [3.05, 3.63) is 72.9 Å². The van der Waals surface area contributed by atoms with Gasteiger partial charge in [0, 0.05) is 18.5 Å². The van der Waals surface area contributed by atoms with Crippen LogP contribution in [-0.4, -0.2) is 78.5 Å². The molecule has 4 aliphatic heterocycles. The van der Waals surface area contributed by atoms with Gasteiger partial charge in [0.1, 0.15) is 11.7 Å². The van der Waals surface area contributed by atoms with Gasteiger partial charge in [0.05, 0.1) is 14.2 Å². The monoisotopic (exact) mass is 637 g/mol. The summed E-state index contributed by atoms with van der Waals surface area (Å²) in [6.45, 7) is 14.8. The number of hydrogen-bond acceptors (Lipinski definition) is 6. The summed E-state index contributed by atoms with van der Waals surface area (Å²) in [6.07, 6.45) is 8.62. The van der Waals surface area contributed by atoms with Gasteiger partial charge in [-0.05, 0) is 60.6 Å². The van der Waals surface area contributed by atoms with E-state index in [1.54, 1.807) is 0 Å². The third-order valence-electron chi connectivity index (χ3n) is 11.2. The Balaban J connectivity index is 0.00000417. The molecule has 1 aliphatic carbocycles. The van der Waals surface area contributed by atoms with E-state index < -0.39 is 11.9 Å². The molecular formula is C36H45MgN4O5-. The van der Waals surface area contributed by atoms with E-state index in [0.717, 1.165) is 51.5 Å². The fourth-order valence-corrected chi connectivity index (χ4v) is 8.58. The number of aliphatic hydroxyl groups is 1. The molecule has 6 unspecified atom stereocenters. The van der Waals surface area contributed by atoms with E-state index in [1.165, 1.54) is 19.8 Å². The Bertz CT molecular complexity index is 1650. The van der Waals surface area contributed by atoms with Crippen LogP contribution in [0.25, 0.3) is 28.9 Å². The van der Waals surface area contributed by atoms with Gasteiger partial charge in [-0.3, -0.25) is 9.59 Å². The Morgan fingerprint density at radius 1 is 1.13 bits per heavy atom. The summed E-state index contributed by atoms with van der Waals surface area (Å²) < 4.78 is 10.3. The zero-order valence-electron chi connectivity index (χ0n) is 28.1. The van der Waals surface area contributed by atoms with E-state index in [-0.39, 0.29) is 89.0 Å². The zero-order chi connectivity index (χ0) is 32.3. The molecule has 5 aliphatic rings. The molecule has 2 N–H and O–H groups in total. The molecule has 1 aromatic rings. The molecule has 1 aromatic heterocycles. The van der Waals surface area contributed by atoms with Crippen LogP contribution in [-0.2, 0) is 19.1 Å². The number of nitrogens with zero attached hydrogens (tertiary/aromatic N) is 3. The van der Waals surface area contributed by atoms with E-state index in [1.807, 2.05) is 6.08 Å². The number of esters is 2. The Labute approximate surface area is 287 Å². The predicted molar refractivity (Wildman–Crippen MR) is 180 cm³/mol. The van der Waals surface area contributed by atoms with Crippen LogP contribution in [0.15, 0.2) is 40.5 Å². The Hall–Kier alpha value is -2.95. The quantitative estimate of drug-likeness (QED) is 0.356. The minimum atomic E-state index is -0.947. The van der Waals surface area contributed by atoms with E-state index in [0.29, 0.717) is 12.1 Å². The molecule has 0 saturated carbocycles. The minimum Gasteiger partial charge on any atom is -0.681 e. The second-order valence-corrected chi connectivity index (χ2v) is 13.3. The van der Waals surface area contributed by atoms with E-state index in [9.17, 15) is 14.7 Å². The summed E-state index contributed by atoms with van der Waals surface area (Å²) >= 11 is 0. The summed E-state index contributed by atoms with van der Waals surface area (Å²) in [5.74, 6) is -1.49. The van der Waals surface area contributed by atoms with Gasteiger partial charge >= 0.3 is 35.0 Å². The maximum absolute atomic E-state index is 13.4. The van der Waals surface area contributed by atoms with Gasteiger partial charge in [0.2, 0.25) is 0 Å². The Morgan fingerprint density at radius 3 is 2.52 bits per heavy atom. The Morgan fingerprint density at radius 2 is 1.87 bits per heavy atom. The standard InChI is InChI=1S/C36H45N4O5.Mg/c1-9-20-16(3)23-13-25-18(5)22(11-12-29(41)44-7)33(39-25)31-32(36(43)45-8)35(42)30-19(6)26(40-34(30)31)15-28-21(10-2)17(4)24(38-28)14-27(20)37-23;/h9,13-14,18-19,21-22,25-26,28,32-33,39,42H,1,10-12,15H2,2-8H3;/q-3;+2/b23-13-,27-14-;/t18-,19?,21?,22-,25?,26?,28?,32+,33?;/m0./s1. The summed E-state index contributed by atoms with van der Waals surface area (Å²) in [4.78, 5) is 30.8. The number of aromatic nitrogens is 1. The molecule has 9 atom stereocenters. The number of nitrogens with one attached hydrogen (secondary N) is 1. The fraction of sp³-hybridized carbons (Fsp3) is 0.556. The molecular weight excluding hydrogens is 593 g/mol. The van der Waals surface area contributed by atoms with E-state index >= 15 is 0 Å². The van der Waals surface area contributed by atoms with Crippen molar-refractivity contribution < 1.29 is 24.2 Å². The number of methoxy groups -OCH3 is 2. The van der Waals surface area contributed by atoms with Crippen LogP contribution in [0.5, 0.6) is 0 Å². The number of ether oxygens (including phenoxy) is 2. The smallest absolute Gasteiger partial charge is 0.681 e. The van der Waals surface area contributed by atoms with Crippen LogP contribution in [0.3, 0.4) is 0 Å². The second-order valence-electron chi connectivity index (χ2n) is 13.3. The van der Waals surface area contributed by atoms with Crippen LogP contribution in [0.4, 0.5) is 0 Å². The van der Waals surface area contributed by atoms with Crippen LogP contribution < -0.4 is 21.0 Å². The zero-order valence-corrected chi connectivity index (χ0v) is 29.5. The molecule has 0 amide bonds. The van der Waals surface area contributed by atoms with Crippen LogP contribution >= 0.6 is 0 Å². The van der Waals surface area contributed by atoms with Crippen molar-refractivity contribution in [2.24, 2.45) is 29.6 Å². The summed E-state index contributed by atoms with van der Waals surface area (Å²) in [5, 5.41) is 27.8. The first-order valence-corrected chi connectivity index (χ1v) is 16.2. The van der Waals surface area contributed by atoms with Gasteiger partial charge in [-0.2, -0.15) is 0 Å². The van der Waals surface area contributed by atoms with Crippen LogP contribution in [0.2, 0.25) is 0 Å². The normalized spacial score (nSPS) is 34.2. The molecule has 242 valence electrons. The predicted octanol–water partition coefficient (Wildman–Crippen LogP) is 4.04. The van der Waals surface area contributed by atoms with Crippen LogP contribution in [0.1, 0.15) is 64.5 Å². The molecule has 2 saturated heterocycles. The summed E-state index contributed by atoms with van der Waals surface area (Å²) in [6, 6.07) is -0.508. The molecule has 10 heteroatoms. The van der Waals surface area contributed by atoms with Crippen molar-refractivity contribution in [3.63, 3.8) is 0 Å². The molecule has 0 spiro atoms. The van der Waals surface area contributed by atoms with E-state index in [4.69, 9.17) is 25.1 Å². The van der Waals surface area contributed by atoms with Crippen molar-refractivity contribution in [2.75, 3.05) is 14.2 Å². The van der Waals surface area contributed by atoms with Crippen molar-refractivity contribution in [1.29, 1.82) is 0 Å². The number of carbonyl (C=O) groups is 2. The van der Waals surface area contributed by atoms with Crippen molar-refractivity contribution in [2.45, 2.75) is 84.5 Å². The number of carbonyl (C=O) groups excluding carboxylic acids is 2. The number of rotatable bonds is 6. The van der Waals surface area contributed by atoms with Crippen molar-refractivity contribution >= 4 is 53.2 Å². The molecule has 0 radical (unpaired) electrons. The van der Waals surface area contributed by atoms with Gasteiger partial charge in [-0.1, -0.05) is 69.6 Å². The first-order valence-electron chi connectivity index (χ1n) is 16.2. The van der Waals surface area contributed by atoms with Crippen molar-refractivity contribution in [3.8, 4) is 0 Å². The maximum atomic E-state index is 13.4. The third-order valence-corrected chi connectivity index (χ3v) is 11.2. The number of fused-ring (bicyclic) bond motifs is 8. The maximum Gasteiger partial charge on any atom is 2.00 e. The summed E-state index contributed by atoms with van der Waals surface area (Å²) in [7, 11) is 2.75. The molecule has 5 heterocycles. The largest absolute Gasteiger partial charge is 2.00 e. The van der Waals surface area contributed by atoms with Gasteiger partial charge < -0.3 is 35.5 Å². The Kier molecular flexibility index (Phi) is 9.92. The topological polar surface area (TPSA) is 127 Å². The average Bonchev–Trinajstić information content (AvgIpc) is 3.76. The average molecular weight is 638 g/mol. The number of hydrogen-bond donors (Lipinski definition) is 2. The second kappa shape index (κ2) is 13.3. The molecule has 6 rings (SSSR count). The van der Waals surface area contributed by atoms with E-state index in [2.05, 4.69) is 58.7 Å². The first-order chi connectivity index (χ1) is 21.5. The van der Waals surface area contributed by atoms with Gasteiger partial charge in [0.15, 0.2) is 0 Å². The number of allylic oxidation sites excluding steroid dienone is 2. The van der Waals surface area contributed by atoms with Crippen molar-refractivity contribution in [1.82, 2.24) is 10.3 Å². The third kappa shape index (κ3) is 5.44. The van der Waals surface area contributed by atoms with Gasteiger partial charge in [-0.25, -0.2) is 0 Å². The SMILES string of the molecule is C=Cc1c(C)/c2[n-]/c1=C\C1=C(C)C(CC)C(CC3[N-]C4=C(C5NC(\C=2)[C@@H](C)[C@@H]5CCC(=O)OC)[C@@H](C(=O)OC)C(O)=C4C3C)[N-]1.[Mg+2]. The van der Waals surface area contributed by atoms with Crippen LogP contribution in [0, 0.1) is 36.5 Å². The summed E-state index contributed by atoms with van der Waals surface area (Å²) in [5.41, 5.74) is 6.46. The fourth-order valence-electron chi connectivity index (χ4n) is 8.58. The van der Waals surface area contributed by atoms with Gasteiger partial charge in [-0.15, -0.1) is 34.2 Å². The molecule has 0 aromatic carbocycles. The number of aliphatic hydroxyl groups excluding tert-OH is 1. The molecule has 46 heavy (non-hydrogen) atoms. The molecule has 9 nitrogen and oxygen atoms in total. The molecule has 8 bridgehead atoms. The van der Waals surface area contributed by atoms with Gasteiger partial charge in [0.25, 0.3) is 0 Å². The minimum absolute atomic E-state index is 0. The first kappa shape index (κ1) is 34.4.